The predicted molar refractivity (Wildman–Crippen MR) is 406 cm³/mol. The van der Waals surface area contributed by atoms with Crippen LogP contribution in [0.3, 0.4) is 0 Å². The Bertz CT molecular complexity index is 2270. The number of carbonyl (C=O) groups excluding carboxylic acids is 1. The van der Waals surface area contributed by atoms with Crippen LogP contribution < -0.4 is 5.32 Å². The SMILES string of the molecule is CC/C=C\C/C=C\C/C=C\C/C=C\C/C=C\C/C=C\C/C=C\C/C=C\C/C=C\CCCC(=O)NC(COC1OC(CO)C(OC2OC(CO)C(OC3OC(CO)C(O)C(O)C3O)C(O)C2O)C(O)C1O)C(O)CCCCCCCCCCCCCCCCCCCCCCCCCCCCCC. The third-order valence-electron chi connectivity index (χ3n) is 19.4. The summed E-state index contributed by atoms with van der Waals surface area (Å²) in [4.78, 5) is 13.5. The topological polar surface area (TPSA) is 307 Å². The molecule has 0 saturated carbocycles. The molecule has 3 aliphatic rings. The lowest BCUT2D eigenvalue weighted by atomic mass is 9.96. The molecule has 0 spiro atoms. The number of carbonyl (C=O) groups is 1. The number of aliphatic hydroxyl groups excluding tert-OH is 11. The zero-order valence-corrected chi connectivity index (χ0v) is 62.8. The van der Waals surface area contributed by atoms with Gasteiger partial charge in [-0.05, 0) is 77.0 Å². The Morgan fingerprint density at radius 3 is 1.02 bits per heavy atom. The number of rotatable bonds is 62. The highest BCUT2D eigenvalue weighted by Gasteiger charge is 2.54. The molecule has 0 aliphatic carbocycles. The third kappa shape index (κ3) is 42.1. The molecule has 0 aromatic carbocycles. The van der Waals surface area contributed by atoms with E-state index in [1.165, 1.54) is 154 Å². The minimum Gasteiger partial charge on any atom is -0.394 e. The van der Waals surface area contributed by atoms with Gasteiger partial charge in [-0.3, -0.25) is 4.79 Å². The van der Waals surface area contributed by atoms with Gasteiger partial charge in [0.05, 0.1) is 38.6 Å². The summed E-state index contributed by atoms with van der Waals surface area (Å²) in [5, 5.41) is 121. The van der Waals surface area contributed by atoms with Crippen molar-refractivity contribution in [2.24, 2.45) is 0 Å². The molecular formula is C83H143NO18. The molecule has 12 N–H and O–H groups in total. The minimum absolute atomic E-state index is 0.180. The Morgan fingerprint density at radius 2 is 0.667 bits per heavy atom. The zero-order chi connectivity index (χ0) is 73.9. The normalized spacial score (nSPS) is 26.8. The lowest BCUT2D eigenvalue weighted by Gasteiger charge is -2.48. The first-order valence-electron chi connectivity index (χ1n) is 40.1. The average Bonchev–Trinajstić information content (AvgIpc) is 0.766. The summed E-state index contributed by atoms with van der Waals surface area (Å²) in [5.74, 6) is -0.302. The Labute approximate surface area is 615 Å². The summed E-state index contributed by atoms with van der Waals surface area (Å²) in [5.41, 5.74) is 0. The Kier molecular flexibility index (Phi) is 56.8. The quantitative estimate of drug-likeness (QED) is 0.0199. The van der Waals surface area contributed by atoms with Crippen molar-refractivity contribution in [3.8, 4) is 0 Å². The second kappa shape index (κ2) is 62.5. The molecule has 19 heteroatoms. The van der Waals surface area contributed by atoms with Crippen LogP contribution in [-0.4, -0.2) is 193 Å². The number of aliphatic hydroxyl groups is 11. The first-order valence-corrected chi connectivity index (χ1v) is 40.1. The van der Waals surface area contributed by atoms with Gasteiger partial charge in [-0.25, -0.2) is 0 Å². The second-order valence-corrected chi connectivity index (χ2v) is 28.2. The van der Waals surface area contributed by atoms with Crippen molar-refractivity contribution in [3.63, 3.8) is 0 Å². The molecule has 3 fully saturated rings. The van der Waals surface area contributed by atoms with Crippen LogP contribution in [0.4, 0.5) is 0 Å². The highest BCUT2D eigenvalue weighted by atomic mass is 16.8. The van der Waals surface area contributed by atoms with E-state index >= 15 is 0 Å². The lowest BCUT2D eigenvalue weighted by Crippen LogP contribution is -2.66. The molecule has 19 nitrogen and oxygen atoms in total. The van der Waals surface area contributed by atoms with Crippen LogP contribution in [0.1, 0.15) is 277 Å². The summed E-state index contributed by atoms with van der Waals surface area (Å²) in [6, 6.07) is -0.929. The van der Waals surface area contributed by atoms with E-state index in [1.807, 2.05) is 6.08 Å². The number of hydrogen-bond donors (Lipinski definition) is 12. The maximum absolute atomic E-state index is 13.5. The van der Waals surface area contributed by atoms with Crippen molar-refractivity contribution in [1.82, 2.24) is 5.32 Å². The van der Waals surface area contributed by atoms with Gasteiger partial charge >= 0.3 is 0 Å². The van der Waals surface area contributed by atoms with Crippen LogP contribution >= 0.6 is 0 Å². The average molecular weight is 1440 g/mol. The van der Waals surface area contributed by atoms with Gasteiger partial charge in [-0.1, -0.05) is 303 Å². The van der Waals surface area contributed by atoms with Crippen LogP contribution in [0, 0.1) is 0 Å². The van der Waals surface area contributed by atoms with Crippen molar-refractivity contribution < 1.29 is 89.4 Å². The molecule has 17 unspecified atom stereocenters. The van der Waals surface area contributed by atoms with E-state index in [4.69, 9.17) is 28.4 Å². The van der Waals surface area contributed by atoms with Gasteiger partial charge in [0, 0.05) is 6.42 Å². The van der Waals surface area contributed by atoms with E-state index < -0.39 is 124 Å². The van der Waals surface area contributed by atoms with Gasteiger partial charge in [-0.15, -0.1) is 0 Å². The molecule has 3 heterocycles. The number of hydrogen-bond acceptors (Lipinski definition) is 18. The van der Waals surface area contributed by atoms with Gasteiger partial charge in [0.1, 0.15) is 73.2 Å². The Hall–Kier alpha value is -3.55. The van der Waals surface area contributed by atoms with Crippen LogP contribution in [0.2, 0.25) is 0 Å². The molecule has 3 aliphatic heterocycles. The van der Waals surface area contributed by atoms with Gasteiger partial charge < -0.3 is 89.9 Å². The van der Waals surface area contributed by atoms with E-state index in [9.17, 15) is 61.0 Å². The van der Waals surface area contributed by atoms with Gasteiger partial charge in [0.25, 0.3) is 0 Å². The molecule has 0 bridgehead atoms. The molecular weight excluding hydrogens is 1300 g/mol. The van der Waals surface area contributed by atoms with Crippen molar-refractivity contribution >= 4 is 5.91 Å². The van der Waals surface area contributed by atoms with E-state index in [2.05, 4.69) is 122 Å². The monoisotopic (exact) mass is 1440 g/mol. The molecule has 3 rings (SSSR count). The first-order chi connectivity index (χ1) is 49.8. The number of ether oxygens (including phenoxy) is 6. The second-order valence-electron chi connectivity index (χ2n) is 28.2. The van der Waals surface area contributed by atoms with E-state index in [0.717, 1.165) is 77.0 Å². The maximum Gasteiger partial charge on any atom is 0.220 e. The van der Waals surface area contributed by atoms with Gasteiger partial charge in [0.15, 0.2) is 18.9 Å². The predicted octanol–water partition coefficient (Wildman–Crippen LogP) is 13.3. The summed E-state index contributed by atoms with van der Waals surface area (Å²) >= 11 is 0. The van der Waals surface area contributed by atoms with Gasteiger partial charge in [-0.2, -0.15) is 0 Å². The molecule has 0 aromatic rings. The zero-order valence-electron chi connectivity index (χ0n) is 62.8. The fourth-order valence-corrected chi connectivity index (χ4v) is 13.0. The molecule has 0 radical (unpaired) electrons. The molecule has 3 saturated heterocycles. The fourth-order valence-electron chi connectivity index (χ4n) is 13.0. The maximum atomic E-state index is 13.5. The van der Waals surface area contributed by atoms with E-state index in [0.29, 0.717) is 25.7 Å². The molecule has 17 atom stereocenters. The summed E-state index contributed by atoms with van der Waals surface area (Å²) in [6.45, 7) is 1.67. The number of amides is 1. The third-order valence-corrected chi connectivity index (χ3v) is 19.4. The standard InChI is InChI=1S/C83H143NO18/c1-3-5-7-9-11-13-15-17-19-21-23-25-27-29-31-33-35-37-39-41-43-45-47-49-51-53-55-57-59-61-71(89)84-66(67(88)60-58-56-54-52-50-48-46-44-42-40-38-36-34-32-30-28-26-24-22-20-18-16-14-12-10-8-6-4-2)65-97-81-77(95)74(92)79(69(63-86)99-81)102-83-78(96)75(93)80(70(64-87)100-83)101-82-76(94)73(91)72(90)68(62-85)98-82/h5,7,11,13,17,19,23,25,29,31,35,37,41,43,47,49,53,55,66-70,72-83,85-88,90-96H,3-4,6,8-10,12,14-16,18,20-22,24,26-28,30,32-34,36,38-40,42,44-46,48,50-52,54,56-65H2,1-2H3,(H,84,89)/b7-5-,13-11-,19-17-,25-23-,31-29-,37-35-,43-41-,49-47-,55-53-. The number of allylic oxidation sites excluding steroid dienone is 18. The highest BCUT2D eigenvalue weighted by molar-refractivity contribution is 5.76. The van der Waals surface area contributed by atoms with Crippen molar-refractivity contribution in [2.45, 2.75) is 381 Å². The fraction of sp³-hybridized carbons (Fsp3) is 0.771. The summed E-state index contributed by atoms with van der Waals surface area (Å²) in [7, 11) is 0. The van der Waals surface area contributed by atoms with E-state index in [1.54, 1.807) is 0 Å². The summed E-state index contributed by atoms with van der Waals surface area (Å²) in [6.07, 6.45) is 58.9. The van der Waals surface area contributed by atoms with Crippen molar-refractivity contribution in [3.05, 3.63) is 109 Å². The van der Waals surface area contributed by atoms with Crippen LogP contribution in [-0.2, 0) is 33.2 Å². The van der Waals surface area contributed by atoms with Crippen LogP contribution in [0.15, 0.2) is 109 Å². The molecule has 1 amide bonds. The molecule has 0 aromatic heterocycles. The Morgan fingerprint density at radius 1 is 0.363 bits per heavy atom. The van der Waals surface area contributed by atoms with Gasteiger partial charge in [0.2, 0.25) is 5.91 Å². The van der Waals surface area contributed by atoms with Crippen molar-refractivity contribution in [1.29, 1.82) is 0 Å². The largest absolute Gasteiger partial charge is 0.394 e. The lowest BCUT2D eigenvalue weighted by molar-refractivity contribution is -0.379. The number of unbranched alkanes of at least 4 members (excludes halogenated alkanes) is 28. The smallest absolute Gasteiger partial charge is 0.220 e. The highest BCUT2D eigenvalue weighted by Crippen LogP contribution is 2.33. The number of nitrogens with one attached hydrogen (secondary N) is 1. The van der Waals surface area contributed by atoms with Crippen LogP contribution in [0.25, 0.3) is 0 Å². The van der Waals surface area contributed by atoms with Crippen LogP contribution in [0.5, 0.6) is 0 Å². The first kappa shape index (κ1) is 92.7. The molecule has 588 valence electrons. The minimum atomic E-state index is -1.98. The molecule has 102 heavy (non-hydrogen) atoms. The van der Waals surface area contributed by atoms with E-state index in [-0.39, 0.29) is 18.9 Å². The van der Waals surface area contributed by atoms with Crippen molar-refractivity contribution in [2.75, 3.05) is 26.4 Å². The Balaban J connectivity index is 1.40. The summed E-state index contributed by atoms with van der Waals surface area (Å²) < 4.78 is 34.5.